The number of hydrogen-bond donors (Lipinski definition) is 3. The topological polar surface area (TPSA) is 78.4 Å². The minimum Gasteiger partial charge on any atom is -0.508 e. The number of benzene rings is 2. The van der Waals surface area contributed by atoms with Gasteiger partial charge >= 0.3 is 0 Å². The van der Waals surface area contributed by atoms with Gasteiger partial charge in [-0.05, 0) is 55.5 Å². The van der Waals surface area contributed by atoms with Gasteiger partial charge in [0.2, 0.25) is 0 Å². The largest absolute Gasteiger partial charge is 0.508 e. The average molecular weight is 314 g/mol. The highest BCUT2D eigenvalue weighted by Gasteiger charge is 2.08. The second-order valence-electron chi connectivity index (χ2n) is 4.59. The number of anilines is 1. The molecule has 2 aromatic carbocycles. The van der Waals surface area contributed by atoms with E-state index in [1.165, 1.54) is 31.2 Å². The Labute approximate surface area is 133 Å². The standard InChI is InChI=1S/C16H14N2O3S/c1-10(19)12-3-2-4-13(9-12)17-16(22)18-15(21)11-5-7-14(20)8-6-11/h2-9,20H,1H3,(H2,17,18,21,22). The molecule has 0 unspecified atom stereocenters. The van der Waals surface area contributed by atoms with Crippen LogP contribution in [0, 0.1) is 0 Å². The summed E-state index contributed by atoms with van der Waals surface area (Å²) in [7, 11) is 0. The molecular weight excluding hydrogens is 300 g/mol. The van der Waals surface area contributed by atoms with Crippen LogP contribution in [0.25, 0.3) is 0 Å². The van der Waals surface area contributed by atoms with Gasteiger partial charge in [-0.2, -0.15) is 0 Å². The van der Waals surface area contributed by atoms with Crippen molar-refractivity contribution in [2.75, 3.05) is 5.32 Å². The molecule has 2 rings (SSSR count). The third-order valence-corrected chi connectivity index (χ3v) is 3.09. The molecule has 0 spiro atoms. The van der Waals surface area contributed by atoms with E-state index in [4.69, 9.17) is 12.2 Å². The quantitative estimate of drug-likeness (QED) is 0.600. The fraction of sp³-hybridized carbons (Fsp3) is 0.0625. The molecule has 5 nitrogen and oxygen atoms in total. The predicted molar refractivity (Wildman–Crippen MR) is 88.2 cm³/mol. The molecule has 1 amide bonds. The molecule has 0 fully saturated rings. The molecule has 0 aliphatic heterocycles. The molecule has 6 heteroatoms. The first-order chi connectivity index (χ1) is 10.5. The number of Topliss-reactive ketones (excluding diaryl/α,β-unsaturated/α-hetero) is 1. The fourth-order valence-electron chi connectivity index (χ4n) is 1.77. The zero-order valence-corrected chi connectivity index (χ0v) is 12.6. The van der Waals surface area contributed by atoms with Gasteiger partial charge in [0.25, 0.3) is 5.91 Å². The Morgan fingerprint density at radius 3 is 2.36 bits per heavy atom. The summed E-state index contributed by atoms with van der Waals surface area (Å²) in [6.07, 6.45) is 0. The van der Waals surface area contributed by atoms with Gasteiger partial charge in [-0.1, -0.05) is 12.1 Å². The monoisotopic (exact) mass is 314 g/mol. The lowest BCUT2D eigenvalue weighted by Crippen LogP contribution is -2.34. The van der Waals surface area contributed by atoms with E-state index >= 15 is 0 Å². The van der Waals surface area contributed by atoms with Crippen molar-refractivity contribution in [3.05, 3.63) is 59.7 Å². The maximum Gasteiger partial charge on any atom is 0.257 e. The minimum atomic E-state index is -0.389. The number of hydrogen-bond acceptors (Lipinski definition) is 4. The lowest BCUT2D eigenvalue weighted by molar-refractivity contribution is 0.0975. The third-order valence-electron chi connectivity index (χ3n) is 2.88. The minimum absolute atomic E-state index is 0.0531. The number of phenols is 1. The lowest BCUT2D eigenvalue weighted by Gasteiger charge is -2.10. The van der Waals surface area contributed by atoms with Crippen LogP contribution >= 0.6 is 12.2 Å². The summed E-state index contributed by atoms with van der Waals surface area (Å²) in [5.41, 5.74) is 1.54. The Morgan fingerprint density at radius 1 is 1.05 bits per heavy atom. The van der Waals surface area contributed by atoms with Gasteiger partial charge in [0.05, 0.1) is 0 Å². The molecule has 112 valence electrons. The van der Waals surface area contributed by atoms with E-state index in [-0.39, 0.29) is 22.6 Å². The second kappa shape index (κ2) is 6.82. The predicted octanol–water partition coefficient (Wildman–Crippen LogP) is 2.72. The van der Waals surface area contributed by atoms with Crippen LogP contribution in [0.15, 0.2) is 48.5 Å². The number of thiocarbonyl (C=S) groups is 1. The highest BCUT2D eigenvalue weighted by atomic mass is 32.1. The molecule has 2 aromatic rings. The first kappa shape index (κ1) is 15.7. The van der Waals surface area contributed by atoms with Gasteiger partial charge in [-0.15, -0.1) is 0 Å². The SMILES string of the molecule is CC(=O)c1cccc(NC(=S)NC(=O)c2ccc(O)cc2)c1. The average Bonchev–Trinajstić information content (AvgIpc) is 2.47. The van der Waals surface area contributed by atoms with Crippen LogP contribution in [-0.4, -0.2) is 21.9 Å². The van der Waals surface area contributed by atoms with E-state index in [9.17, 15) is 14.7 Å². The third kappa shape index (κ3) is 4.13. The van der Waals surface area contributed by atoms with Crippen LogP contribution in [0.5, 0.6) is 5.75 Å². The second-order valence-corrected chi connectivity index (χ2v) is 5.00. The summed E-state index contributed by atoms with van der Waals surface area (Å²) >= 11 is 5.07. The van der Waals surface area contributed by atoms with Crippen molar-refractivity contribution in [3.63, 3.8) is 0 Å². The van der Waals surface area contributed by atoms with Crippen LogP contribution in [0.4, 0.5) is 5.69 Å². The summed E-state index contributed by atoms with van der Waals surface area (Å²) in [5, 5.41) is 14.7. The number of carbonyl (C=O) groups is 2. The number of nitrogens with one attached hydrogen (secondary N) is 2. The number of rotatable bonds is 3. The highest BCUT2D eigenvalue weighted by Crippen LogP contribution is 2.12. The molecule has 0 aromatic heterocycles. The molecule has 0 aliphatic rings. The molecule has 22 heavy (non-hydrogen) atoms. The first-order valence-corrected chi connectivity index (χ1v) is 6.89. The summed E-state index contributed by atoms with van der Waals surface area (Å²) in [6, 6.07) is 12.6. The van der Waals surface area contributed by atoms with Crippen molar-refractivity contribution in [2.45, 2.75) is 6.92 Å². The molecular formula is C16H14N2O3S. The van der Waals surface area contributed by atoms with Crippen molar-refractivity contribution in [3.8, 4) is 5.75 Å². The van der Waals surface area contributed by atoms with Gasteiger partial charge in [0.1, 0.15) is 5.75 Å². The van der Waals surface area contributed by atoms with Crippen molar-refractivity contribution in [1.29, 1.82) is 0 Å². The van der Waals surface area contributed by atoms with Crippen LogP contribution in [-0.2, 0) is 0 Å². The number of carbonyl (C=O) groups excluding carboxylic acids is 2. The maximum absolute atomic E-state index is 12.0. The molecule has 0 saturated carbocycles. The Morgan fingerprint density at radius 2 is 1.73 bits per heavy atom. The molecule has 0 saturated heterocycles. The van der Waals surface area contributed by atoms with Crippen LogP contribution in [0.1, 0.15) is 27.6 Å². The Balaban J connectivity index is 2.01. The van der Waals surface area contributed by atoms with Gasteiger partial charge in [0, 0.05) is 16.8 Å². The van der Waals surface area contributed by atoms with Crippen LogP contribution in [0.3, 0.4) is 0 Å². The Kier molecular flexibility index (Phi) is 4.85. The van der Waals surface area contributed by atoms with E-state index in [1.807, 2.05) is 0 Å². The highest BCUT2D eigenvalue weighted by molar-refractivity contribution is 7.80. The smallest absolute Gasteiger partial charge is 0.257 e. The number of ketones is 1. The first-order valence-electron chi connectivity index (χ1n) is 6.48. The van der Waals surface area contributed by atoms with E-state index in [1.54, 1.807) is 24.3 Å². The molecule has 0 aliphatic carbocycles. The molecule has 0 bridgehead atoms. The Hall–Kier alpha value is -2.73. The fourth-order valence-corrected chi connectivity index (χ4v) is 1.98. The van der Waals surface area contributed by atoms with Crippen molar-refractivity contribution in [1.82, 2.24) is 5.32 Å². The number of phenolic OH excluding ortho intramolecular Hbond substituents is 1. The zero-order valence-electron chi connectivity index (χ0n) is 11.8. The summed E-state index contributed by atoms with van der Waals surface area (Å²) in [6.45, 7) is 1.48. The van der Waals surface area contributed by atoms with E-state index in [0.717, 1.165) is 0 Å². The van der Waals surface area contributed by atoms with E-state index in [2.05, 4.69) is 10.6 Å². The summed E-state index contributed by atoms with van der Waals surface area (Å²) < 4.78 is 0. The normalized spacial score (nSPS) is 9.86. The lowest BCUT2D eigenvalue weighted by atomic mass is 10.1. The summed E-state index contributed by atoms with van der Waals surface area (Å²) in [5.74, 6) is -0.360. The number of amides is 1. The van der Waals surface area contributed by atoms with Crippen molar-refractivity contribution < 1.29 is 14.7 Å². The van der Waals surface area contributed by atoms with Crippen LogP contribution in [0.2, 0.25) is 0 Å². The van der Waals surface area contributed by atoms with Gasteiger partial charge in [0.15, 0.2) is 10.9 Å². The molecule has 0 heterocycles. The molecule has 3 N–H and O–H groups in total. The van der Waals surface area contributed by atoms with E-state index in [0.29, 0.717) is 16.8 Å². The van der Waals surface area contributed by atoms with E-state index < -0.39 is 0 Å². The maximum atomic E-state index is 12.0. The van der Waals surface area contributed by atoms with Gasteiger partial charge in [-0.3, -0.25) is 14.9 Å². The van der Waals surface area contributed by atoms with Crippen LogP contribution < -0.4 is 10.6 Å². The van der Waals surface area contributed by atoms with Gasteiger partial charge < -0.3 is 10.4 Å². The molecule has 0 atom stereocenters. The van der Waals surface area contributed by atoms with Gasteiger partial charge in [-0.25, -0.2) is 0 Å². The summed E-state index contributed by atoms with van der Waals surface area (Å²) in [4.78, 5) is 23.3. The van der Waals surface area contributed by atoms with Crippen molar-refractivity contribution in [2.24, 2.45) is 0 Å². The van der Waals surface area contributed by atoms with Crippen molar-refractivity contribution >= 4 is 34.7 Å². The molecule has 0 radical (unpaired) electrons. The zero-order chi connectivity index (χ0) is 16.1. The number of aromatic hydroxyl groups is 1. The Bertz CT molecular complexity index is 726.